The number of aromatic nitrogens is 3. The van der Waals surface area contributed by atoms with Crippen LogP contribution in [0.15, 0.2) is 41.3 Å². The average molecular weight is 214 g/mol. The second-order valence-corrected chi connectivity index (χ2v) is 3.54. The number of nitrogens with zero attached hydrogens (tertiary/aromatic N) is 3. The van der Waals surface area contributed by atoms with E-state index in [-0.39, 0.29) is 0 Å². The van der Waals surface area contributed by atoms with Gasteiger partial charge in [-0.3, -0.25) is 0 Å². The van der Waals surface area contributed by atoms with Gasteiger partial charge in [0.15, 0.2) is 5.58 Å². The Kier molecular flexibility index (Phi) is 1.89. The van der Waals surface area contributed by atoms with Crippen LogP contribution < -0.4 is 5.73 Å². The van der Waals surface area contributed by atoms with Crippen LogP contribution in [0.25, 0.3) is 11.1 Å². The van der Waals surface area contributed by atoms with Crippen molar-refractivity contribution >= 4 is 16.8 Å². The number of anilines is 1. The summed E-state index contributed by atoms with van der Waals surface area (Å²) in [6.07, 6.45) is 5.30. The highest BCUT2D eigenvalue weighted by Crippen LogP contribution is 2.21. The first kappa shape index (κ1) is 8.96. The highest BCUT2D eigenvalue weighted by atomic mass is 16.3. The zero-order chi connectivity index (χ0) is 11.0. The van der Waals surface area contributed by atoms with Gasteiger partial charge in [-0.25, -0.2) is 9.97 Å². The number of oxazole rings is 1. The molecule has 0 unspecified atom stereocenters. The standard InChI is InChI=1S/C11H10N4O/c12-8-2-1-3-9-11(8)14-10(16-9)6-15-5-4-13-7-15/h1-5,7H,6,12H2. The van der Waals surface area contributed by atoms with Crippen molar-refractivity contribution in [2.24, 2.45) is 0 Å². The molecule has 3 aromatic rings. The van der Waals surface area contributed by atoms with Crippen molar-refractivity contribution < 1.29 is 4.42 Å². The second-order valence-electron chi connectivity index (χ2n) is 3.54. The maximum atomic E-state index is 5.80. The molecule has 0 saturated heterocycles. The Bertz CT molecular complexity index is 612. The van der Waals surface area contributed by atoms with Crippen LogP contribution in [-0.2, 0) is 6.54 Å². The summed E-state index contributed by atoms with van der Waals surface area (Å²) in [5.41, 5.74) is 7.88. The quantitative estimate of drug-likeness (QED) is 0.658. The Morgan fingerprint density at radius 3 is 3.06 bits per heavy atom. The van der Waals surface area contributed by atoms with Gasteiger partial charge in [-0.1, -0.05) is 6.07 Å². The molecule has 0 amide bonds. The third kappa shape index (κ3) is 1.42. The molecule has 5 nitrogen and oxygen atoms in total. The van der Waals surface area contributed by atoms with Gasteiger partial charge in [0.25, 0.3) is 0 Å². The first-order chi connectivity index (χ1) is 7.83. The molecule has 0 spiro atoms. The van der Waals surface area contributed by atoms with E-state index < -0.39 is 0 Å². The van der Waals surface area contributed by atoms with Crippen LogP contribution in [-0.4, -0.2) is 14.5 Å². The molecular weight excluding hydrogens is 204 g/mol. The fraction of sp³-hybridized carbons (Fsp3) is 0.0909. The van der Waals surface area contributed by atoms with E-state index in [1.165, 1.54) is 0 Å². The summed E-state index contributed by atoms with van der Waals surface area (Å²) in [7, 11) is 0. The Labute approximate surface area is 91.5 Å². The lowest BCUT2D eigenvalue weighted by Crippen LogP contribution is -1.96. The van der Waals surface area contributed by atoms with Crippen molar-refractivity contribution in [1.82, 2.24) is 14.5 Å². The molecule has 3 rings (SSSR count). The lowest BCUT2D eigenvalue weighted by atomic mass is 10.3. The molecule has 0 aliphatic carbocycles. The van der Waals surface area contributed by atoms with E-state index in [4.69, 9.17) is 10.2 Å². The van der Waals surface area contributed by atoms with Crippen molar-refractivity contribution in [2.45, 2.75) is 6.54 Å². The number of hydrogen-bond acceptors (Lipinski definition) is 4. The molecule has 2 N–H and O–H groups in total. The molecule has 5 heteroatoms. The van der Waals surface area contributed by atoms with Crippen LogP contribution in [0.1, 0.15) is 5.89 Å². The molecule has 2 heterocycles. The van der Waals surface area contributed by atoms with Gasteiger partial charge in [0.1, 0.15) is 12.1 Å². The third-order valence-corrected chi connectivity index (χ3v) is 2.37. The molecule has 0 radical (unpaired) electrons. The highest BCUT2D eigenvalue weighted by Gasteiger charge is 2.07. The highest BCUT2D eigenvalue weighted by molar-refractivity contribution is 5.85. The number of imidazole rings is 1. The molecule has 0 fully saturated rings. The minimum absolute atomic E-state index is 0.564. The number of rotatable bonds is 2. The number of para-hydroxylation sites is 1. The Balaban J connectivity index is 2.02. The number of nitrogens with two attached hydrogens (primary N) is 1. The van der Waals surface area contributed by atoms with Crippen LogP contribution in [0.5, 0.6) is 0 Å². The minimum Gasteiger partial charge on any atom is -0.439 e. The van der Waals surface area contributed by atoms with Crippen LogP contribution in [0.4, 0.5) is 5.69 Å². The maximum Gasteiger partial charge on any atom is 0.215 e. The van der Waals surface area contributed by atoms with Gasteiger partial charge in [-0.2, -0.15) is 0 Å². The minimum atomic E-state index is 0.564. The van der Waals surface area contributed by atoms with E-state index in [2.05, 4.69) is 9.97 Å². The van der Waals surface area contributed by atoms with Gasteiger partial charge in [0, 0.05) is 12.4 Å². The Morgan fingerprint density at radius 1 is 1.38 bits per heavy atom. The lowest BCUT2D eigenvalue weighted by Gasteiger charge is -1.94. The number of hydrogen-bond donors (Lipinski definition) is 1. The summed E-state index contributed by atoms with van der Waals surface area (Å²) in [6, 6.07) is 5.52. The van der Waals surface area contributed by atoms with Crippen LogP contribution in [0.2, 0.25) is 0 Å². The molecule has 0 bridgehead atoms. The fourth-order valence-electron chi connectivity index (χ4n) is 1.62. The van der Waals surface area contributed by atoms with Crippen LogP contribution >= 0.6 is 0 Å². The van der Waals surface area contributed by atoms with Gasteiger partial charge >= 0.3 is 0 Å². The zero-order valence-corrected chi connectivity index (χ0v) is 8.50. The summed E-state index contributed by atoms with van der Waals surface area (Å²) < 4.78 is 7.47. The van der Waals surface area contributed by atoms with Crippen molar-refractivity contribution in [3.8, 4) is 0 Å². The molecule has 0 saturated carbocycles. The summed E-state index contributed by atoms with van der Waals surface area (Å²) in [4.78, 5) is 8.31. The van der Waals surface area contributed by atoms with Gasteiger partial charge < -0.3 is 14.7 Å². The van der Waals surface area contributed by atoms with Gasteiger partial charge in [-0.15, -0.1) is 0 Å². The van der Waals surface area contributed by atoms with Crippen molar-refractivity contribution in [3.63, 3.8) is 0 Å². The molecule has 2 aromatic heterocycles. The molecule has 80 valence electrons. The Hall–Kier alpha value is -2.30. The summed E-state index contributed by atoms with van der Waals surface area (Å²) in [6.45, 7) is 0.564. The van der Waals surface area contributed by atoms with Crippen molar-refractivity contribution in [3.05, 3.63) is 42.8 Å². The first-order valence-corrected chi connectivity index (χ1v) is 4.92. The smallest absolute Gasteiger partial charge is 0.215 e. The predicted molar refractivity (Wildman–Crippen MR) is 59.8 cm³/mol. The lowest BCUT2D eigenvalue weighted by molar-refractivity contribution is 0.509. The van der Waals surface area contributed by atoms with E-state index in [1.807, 2.05) is 29.0 Å². The Morgan fingerprint density at radius 2 is 2.31 bits per heavy atom. The van der Waals surface area contributed by atoms with Crippen molar-refractivity contribution in [2.75, 3.05) is 5.73 Å². The number of fused-ring (bicyclic) bond motifs is 1. The normalized spacial score (nSPS) is 11.0. The van der Waals surface area contributed by atoms with Crippen molar-refractivity contribution in [1.29, 1.82) is 0 Å². The number of benzene rings is 1. The first-order valence-electron chi connectivity index (χ1n) is 4.92. The van der Waals surface area contributed by atoms with Gasteiger partial charge in [-0.05, 0) is 12.1 Å². The van der Waals surface area contributed by atoms with E-state index >= 15 is 0 Å². The SMILES string of the molecule is Nc1cccc2oc(Cn3ccnc3)nc12. The number of nitrogen functional groups attached to an aromatic ring is 1. The predicted octanol–water partition coefficient (Wildman–Crippen LogP) is 1.65. The molecular formula is C11H10N4O. The largest absolute Gasteiger partial charge is 0.439 e. The van der Waals surface area contributed by atoms with Gasteiger partial charge in [0.05, 0.1) is 12.0 Å². The van der Waals surface area contributed by atoms with Crippen LogP contribution in [0.3, 0.4) is 0 Å². The third-order valence-electron chi connectivity index (χ3n) is 2.37. The summed E-state index contributed by atoms with van der Waals surface area (Å²) >= 11 is 0. The van der Waals surface area contributed by atoms with Crippen LogP contribution in [0, 0.1) is 0 Å². The van der Waals surface area contributed by atoms with E-state index in [0.717, 1.165) is 11.1 Å². The maximum absolute atomic E-state index is 5.80. The van der Waals surface area contributed by atoms with E-state index in [9.17, 15) is 0 Å². The summed E-state index contributed by atoms with van der Waals surface area (Å²) in [5.74, 6) is 0.630. The molecule has 1 aromatic carbocycles. The average Bonchev–Trinajstić information content (AvgIpc) is 2.88. The molecule has 0 aliphatic heterocycles. The zero-order valence-electron chi connectivity index (χ0n) is 8.50. The summed E-state index contributed by atoms with van der Waals surface area (Å²) in [5, 5.41) is 0. The van der Waals surface area contributed by atoms with E-state index in [0.29, 0.717) is 18.1 Å². The van der Waals surface area contributed by atoms with E-state index in [1.54, 1.807) is 12.5 Å². The topological polar surface area (TPSA) is 69.9 Å². The van der Waals surface area contributed by atoms with Gasteiger partial charge in [0.2, 0.25) is 5.89 Å². The monoisotopic (exact) mass is 214 g/mol. The molecule has 0 atom stereocenters. The fourth-order valence-corrected chi connectivity index (χ4v) is 1.62. The second kappa shape index (κ2) is 3.37. The molecule has 16 heavy (non-hydrogen) atoms. The molecule has 0 aliphatic rings.